The summed E-state index contributed by atoms with van der Waals surface area (Å²) in [4.78, 5) is 31.6. The van der Waals surface area contributed by atoms with Crippen molar-refractivity contribution in [2.24, 2.45) is 22.6 Å². The number of hydrogen-bond donors (Lipinski definition) is 4. The molecule has 0 bridgehead atoms. The first kappa shape index (κ1) is 18.8. The molecule has 6 atom stereocenters. The van der Waals surface area contributed by atoms with Crippen LogP contribution in [0.4, 0.5) is 0 Å². The van der Waals surface area contributed by atoms with Gasteiger partial charge >= 0.3 is 5.97 Å². The third kappa shape index (κ3) is 2.89. The monoisotopic (exact) mass is 366 g/mol. The summed E-state index contributed by atoms with van der Waals surface area (Å²) in [7, 11) is 0. The first-order valence-corrected chi connectivity index (χ1v) is 8.81. The maximum Gasteiger partial charge on any atom is 0.352 e. The minimum atomic E-state index is -1.14. The zero-order valence-electron chi connectivity index (χ0n) is 15.2. The lowest BCUT2D eigenvalue weighted by molar-refractivity contribution is -0.163. The maximum atomic E-state index is 12.3. The number of carboxylic acids is 1. The molecule has 9 nitrogen and oxygen atoms in total. The van der Waals surface area contributed by atoms with Gasteiger partial charge in [-0.3, -0.25) is 14.7 Å². The molecule has 2 saturated heterocycles. The van der Waals surface area contributed by atoms with E-state index in [0.29, 0.717) is 31.0 Å². The lowest BCUT2D eigenvalue weighted by Crippen LogP contribution is -2.63. The van der Waals surface area contributed by atoms with Crippen molar-refractivity contribution in [3.05, 3.63) is 11.3 Å². The Kier molecular flexibility index (Phi) is 4.80. The fraction of sp³-hybridized carbons (Fsp3) is 0.706. The van der Waals surface area contributed by atoms with Gasteiger partial charge in [0.05, 0.1) is 36.0 Å². The predicted octanol–water partition coefficient (Wildman–Crippen LogP) is -1.40. The molecular formula is C17H26N4O5. The molecule has 0 aromatic rings. The summed E-state index contributed by atoms with van der Waals surface area (Å²) in [5.41, 5.74) is 6.26. The Hall–Kier alpha value is -1.97. The van der Waals surface area contributed by atoms with Gasteiger partial charge in [-0.2, -0.15) is 0 Å². The van der Waals surface area contributed by atoms with Crippen molar-refractivity contribution in [1.82, 2.24) is 9.80 Å². The van der Waals surface area contributed by atoms with Crippen LogP contribution in [0, 0.1) is 11.8 Å². The highest BCUT2D eigenvalue weighted by atomic mass is 16.4. The Morgan fingerprint density at radius 2 is 2.08 bits per heavy atom. The number of rotatable bonds is 5. The number of carbonyl (C=O) groups excluding carboxylic acids is 1. The number of aliphatic hydroxyl groups excluding tert-OH is 2. The van der Waals surface area contributed by atoms with E-state index in [4.69, 9.17) is 5.73 Å². The first-order chi connectivity index (χ1) is 12.1. The van der Waals surface area contributed by atoms with Crippen LogP contribution in [0.15, 0.2) is 16.3 Å². The number of aliphatic carboxylic acids is 1. The molecule has 9 heteroatoms. The number of nitrogens with two attached hydrogens (primary N) is 1. The van der Waals surface area contributed by atoms with Gasteiger partial charge in [-0.15, -0.1) is 0 Å². The number of β-amino-alcohol motifs (C(OH)–C–C–N with tert-alkyl or cyclic N) is 1. The first-order valence-electron chi connectivity index (χ1n) is 8.81. The highest BCUT2D eigenvalue weighted by Crippen LogP contribution is 2.47. The van der Waals surface area contributed by atoms with Crippen LogP contribution in [0.3, 0.4) is 0 Å². The quantitative estimate of drug-likeness (QED) is 0.267. The summed E-state index contributed by atoms with van der Waals surface area (Å²) >= 11 is 0. The van der Waals surface area contributed by atoms with Gasteiger partial charge in [0.15, 0.2) is 0 Å². The summed E-state index contributed by atoms with van der Waals surface area (Å²) in [5.74, 6) is -1.83. The van der Waals surface area contributed by atoms with E-state index in [2.05, 4.69) is 4.99 Å². The highest BCUT2D eigenvalue weighted by molar-refractivity contribution is 6.00. The van der Waals surface area contributed by atoms with E-state index in [9.17, 15) is 24.9 Å². The number of amidine groups is 1. The van der Waals surface area contributed by atoms with Crippen molar-refractivity contribution in [2.75, 3.05) is 19.6 Å². The van der Waals surface area contributed by atoms with Crippen molar-refractivity contribution in [3.8, 4) is 0 Å². The van der Waals surface area contributed by atoms with Crippen LogP contribution in [0.2, 0.25) is 0 Å². The molecule has 26 heavy (non-hydrogen) atoms. The minimum Gasteiger partial charge on any atom is -0.477 e. The molecule has 0 aromatic carbocycles. The van der Waals surface area contributed by atoms with Crippen molar-refractivity contribution >= 4 is 17.7 Å². The average Bonchev–Trinajstić information content (AvgIpc) is 2.96. The van der Waals surface area contributed by atoms with Gasteiger partial charge in [-0.25, -0.2) is 4.79 Å². The smallest absolute Gasteiger partial charge is 0.352 e. The molecule has 2 fully saturated rings. The molecule has 0 saturated carbocycles. The lowest BCUT2D eigenvalue weighted by Gasteiger charge is -2.46. The molecular weight excluding hydrogens is 340 g/mol. The third-order valence-electron chi connectivity index (χ3n) is 5.62. The standard InChI is InChI=1S/C17H26N4O5/c1-7-10(4-20-5-11(12(23)6-20)19-9(3)18)15(17(25)26)21-14(7)13(8(2)22)16(21)24/h7-8,11-14,22-23H,4-6H2,1-3H3,(H2,18,19)(H,25,26)/t7-,8+,11+,12-,13+,14+/m0/s1. The molecule has 3 heterocycles. The van der Waals surface area contributed by atoms with Crippen LogP contribution < -0.4 is 5.73 Å². The highest BCUT2D eigenvalue weighted by Gasteiger charge is 2.59. The molecule has 1 amide bonds. The van der Waals surface area contributed by atoms with E-state index < -0.39 is 24.1 Å². The number of hydrogen-bond acceptors (Lipinski definition) is 6. The SMILES string of the molecule is CC(N)=N[C@@H]1CN(CC2=C(C(=O)O)N3C(=O)[C@H]([C@@H](C)O)[C@H]3[C@H]2C)C[C@@H]1O. The second-order valence-corrected chi connectivity index (χ2v) is 7.53. The van der Waals surface area contributed by atoms with E-state index >= 15 is 0 Å². The van der Waals surface area contributed by atoms with Gasteiger partial charge in [0.1, 0.15) is 5.70 Å². The number of fused-ring (bicyclic) bond motifs is 1. The molecule has 3 rings (SSSR count). The van der Waals surface area contributed by atoms with Crippen LogP contribution >= 0.6 is 0 Å². The van der Waals surface area contributed by atoms with Crippen molar-refractivity contribution in [1.29, 1.82) is 0 Å². The number of aliphatic hydroxyl groups is 2. The molecule has 0 aromatic heterocycles. The topological polar surface area (TPSA) is 140 Å². The molecule has 3 aliphatic heterocycles. The van der Waals surface area contributed by atoms with Gasteiger partial charge < -0.3 is 26.0 Å². The van der Waals surface area contributed by atoms with E-state index in [1.54, 1.807) is 13.8 Å². The molecule has 3 aliphatic rings. The number of nitrogens with zero attached hydrogens (tertiary/aromatic N) is 3. The summed E-state index contributed by atoms with van der Waals surface area (Å²) in [6, 6.07) is -0.661. The second kappa shape index (κ2) is 6.64. The Bertz CT molecular complexity index is 685. The maximum absolute atomic E-state index is 12.3. The van der Waals surface area contributed by atoms with Crippen molar-refractivity contribution < 1.29 is 24.9 Å². The van der Waals surface area contributed by atoms with E-state index in [0.717, 1.165) is 0 Å². The number of carbonyl (C=O) groups is 2. The summed E-state index contributed by atoms with van der Waals surface area (Å²) in [5, 5.41) is 29.7. The number of β-lactam (4-membered cyclic amide) rings is 1. The number of likely N-dealkylation sites (tertiary alicyclic amines) is 1. The van der Waals surface area contributed by atoms with Gasteiger partial charge in [0.2, 0.25) is 5.91 Å². The van der Waals surface area contributed by atoms with Crippen LogP contribution in [-0.2, 0) is 9.59 Å². The van der Waals surface area contributed by atoms with E-state index in [1.807, 2.05) is 11.8 Å². The summed E-state index contributed by atoms with van der Waals surface area (Å²) < 4.78 is 0. The predicted molar refractivity (Wildman–Crippen MR) is 93.2 cm³/mol. The van der Waals surface area contributed by atoms with Gasteiger partial charge in [0.25, 0.3) is 0 Å². The Balaban J connectivity index is 1.82. The third-order valence-corrected chi connectivity index (χ3v) is 5.62. The Labute approximate surface area is 151 Å². The second-order valence-electron chi connectivity index (χ2n) is 7.53. The zero-order chi connectivity index (χ0) is 19.3. The van der Waals surface area contributed by atoms with Crippen LogP contribution in [-0.4, -0.2) is 86.8 Å². The molecule has 0 spiro atoms. The summed E-state index contributed by atoms with van der Waals surface area (Å²) in [6.45, 7) is 6.27. The van der Waals surface area contributed by atoms with E-state index in [1.165, 1.54) is 4.90 Å². The van der Waals surface area contributed by atoms with Crippen LogP contribution in [0.1, 0.15) is 20.8 Å². The number of carboxylic acid groups (broad SMARTS) is 1. The molecule has 0 unspecified atom stereocenters. The zero-order valence-corrected chi connectivity index (χ0v) is 15.2. The number of aliphatic imine (C=N–C) groups is 1. The van der Waals surface area contributed by atoms with Gasteiger partial charge in [-0.05, 0) is 19.4 Å². The van der Waals surface area contributed by atoms with Crippen molar-refractivity contribution in [2.45, 2.75) is 45.1 Å². The summed E-state index contributed by atoms with van der Waals surface area (Å²) in [6.07, 6.45) is -1.48. The lowest BCUT2D eigenvalue weighted by atomic mass is 9.77. The normalized spacial score (nSPS) is 36.3. The van der Waals surface area contributed by atoms with Crippen molar-refractivity contribution in [3.63, 3.8) is 0 Å². The fourth-order valence-electron chi connectivity index (χ4n) is 4.46. The van der Waals surface area contributed by atoms with Crippen LogP contribution in [0.25, 0.3) is 0 Å². The van der Waals surface area contributed by atoms with E-state index in [-0.39, 0.29) is 29.6 Å². The molecule has 0 radical (unpaired) electrons. The minimum absolute atomic E-state index is 0.0147. The Morgan fingerprint density at radius 1 is 1.42 bits per heavy atom. The average molecular weight is 366 g/mol. The molecule has 5 N–H and O–H groups in total. The molecule has 144 valence electrons. The molecule has 0 aliphatic carbocycles. The largest absolute Gasteiger partial charge is 0.477 e. The fourth-order valence-corrected chi connectivity index (χ4v) is 4.46. The number of amides is 1. The van der Waals surface area contributed by atoms with Gasteiger partial charge in [-0.1, -0.05) is 6.92 Å². The van der Waals surface area contributed by atoms with Gasteiger partial charge in [0, 0.05) is 25.6 Å². The van der Waals surface area contributed by atoms with Crippen LogP contribution in [0.5, 0.6) is 0 Å². The Morgan fingerprint density at radius 3 is 2.62 bits per heavy atom.